The Bertz CT molecular complexity index is 471. The molecule has 84 valence electrons. The molecule has 0 unspecified atom stereocenters. The number of hydrogen-bond acceptors (Lipinski definition) is 5. The van der Waals surface area contributed by atoms with E-state index in [2.05, 4.69) is 5.32 Å². The minimum absolute atomic E-state index is 0.0783. The van der Waals surface area contributed by atoms with Crippen LogP contribution in [0, 0.1) is 10.1 Å². The number of hydrogen-bond donors (Lipinski definition) is 1. The number of carbonyl (C=O) groups excluding carboxylic acids is 1. The molecule has 1 aromatic rings. The van der Waals surface area contributed by atoms with Crippen LogP contribution in [-0.2, 0) is 4.79 Å². The predicted molar refractivity (Wildman–Crippen MR) is 53.8 cm³/mol. The van der Waals surface area contributed by atoms with Crippen molar-refractivity contribution in [3.63, 3.8) is 0 Å². The van der Waals surface area contributed by atoms with Gasteiger partial charge in [-0.3, -0.25) is 14.9 Å². The summed E-state index contributed by atoms with van der Waals surface area (Å²) in [6.07, 6.45) is 0. The monoisotopic (exact) mass is 224 g/mol. The van der Waals surface area contributed by atoms with Crippen molar-refractivity contribution in [2.45, 2.75) is 0 Å². The molecule has 0 atom stereocenters. The summed E-state index contributed by atoms with van der Waals surface area (Å²) in [6, 6.07) is 2.60. The second-order valence-corrected chi connectivity index (χ2v) is 3.11. The fraction of sp³-hybridized carbons (Fsp3) is 0.222. The second kappa shape index (κ2) is 3.69. The van der Waals surface area contributed by atoms with Crippen LogP contribution in [0.4, 0.5) is 11.4 Å². The standard InChI is InChI=1S/C9H8N2O5/c1-15-8-2-5-7(3-6(8)11(13)14)16-4-9(12)10-5/h2-3H,4H2,1H3,(H,10,12). The SMILES string of the molecule is COc1cc2c(cc1[N+](=O)[O-])OCC(=O)N2. The fourth-order valence-corrected chi connectivity index (χ4v) is 1.40. The first-order chi connectivity index (χ1) is 7.61. The Labute approximate surface area is 90.1 Å². The zero-order valence-corrected chi connectivity index (χ0v) is 8.35. The number of anilines is 1. The maximum atomic E-state index is 11.0. The van der Waals surface area contributed by atoms with Crippen molar-refractivity contribution in [3.05, 3.63) is 22.2 Å². The lowest BCUT2D eigenvalue weighted by Crippen LogP contribution is -2.25. The van der Waals surface area contributed by atoms with Gasteiger partial charge in [0.05, 0.1) is 23.8 Å². The average Bonchev–Trinajstić information content (AvgIpc) is 2.26. The third kappa shape index (κ3) is 1.62. The van der Waals surface area contributed by atoms with Crippen molar-refractivity contribution in [3.8, 4) is 11.5 Å². The molecular formula is C9H8N2O5. The number of ether oxygens (including phenoxy) is 2. The highest BCUT2D eigenvalue weighted by Crippen LogP contribution is 2.38. The van der Waals surface area contributed by atoms with Crippen LogP contribution in [0.2, 0.25) is 0 Å². The first-order valence-electron chi connectivity index (χ1n) is 4.41. The maximum Gasteiger partial charge on any atom is 0.314 e. The summed E-state index contributed by atoms with van der Waals surface area (Å²) in [5.74, 6) is 0.0463. The van der Waals surface area contributed by atoms with E-state index in [1.54, 1.807) is 0 Å². The highest BCUT2D eigenvalue weighted by Gasteiger charge is 2.23. The number of nitro benzene ring substituents is 1. The molecule has 2 rings (SSSR count). The Hall–Kier alpha value is -2.31. The van der Waals surface area contributed by atoms with Gasteiger partial charge in [-0.2, -0.15) is 0 Å². The first kappa shape index (κ1) is 10.2. The number of nitrogens with one attached hydrogen (secondary N) is 1. The predicted octanol–water partition coefficient (Wildman–Crippen LogP) is 0.934. The van der Waals surface area contributed by atoms with Crippen LogP contribution < -0.4 is 14.8 Å². The first-order valence-corrected chi connectivity index (χ1v) is 4.41. The molecule has 0 aromatic heterocycles. The molecule has 7 nitrogen and oxygen atoms in total. The average molecular weight is 224 g/mol. The van der Waals surface area contributed by atoms with E-state index in [1.807, 2.05) is 0 Å². The van der Waals surface area contributed by atoms with Crippen molar-refractivity contribution in [1.29, 1.82) is 0 Å². The molecular weight excluding hydrogens is 216 g/mol. The van der Waals surface area contributed by atoms with Gasteiger partial charge < -0.3 is 14.8 Å². The zero-order valence-electron chi connectivity index (χ0n) is 8.35. The van der Waals surface area contributed by atoms with Crippen LogP contribution in [0.15, 0.2) is 12.1 Å². The number of carbonyl (C=O) groups is 1. The molecule has 1 aliphatic rings. The van der Waals surface area contributed by atoms with Gasteiger partial charge in [-0.15, -0.1) is 0 Å². The third-order valence-electron chi connectivity index (χ3n) is 2.11. The Balaban J connectivity index is 2.52. The minimum Gasteiger partial charge on any atom is -0.490 e. The highest BCUT2D eigenvalue weighted by molar-refractivity contribution is 5.96. The molecule has 0 bridgehead atoms. The van der Waals surface area contributed by atoms with Crippen LogP contribution in [0.3, 0.4) is 0 Å². The molecule has 1 amide bonds. The van der Waals surface area contributed by atoms with Gasteiger partial charge in [-0.05, 0) is 0 Å². The van der Waals surface area contributed by atoms with Gasteiger partial charge in [0.25, 0.3) is 5.91 Å². The lowest BCUT2D eigenvalue weighted by atomic mass is 10.2. The van der Waals surface area contributed by atoms with Crippen LogP contribution in [-0.4, -0.2) is 24.5 Å². The lowest BCUT2D eigenvalue weighted by molar-refractivity contribution is -0.385. The lowest BCUT2D eigenvalue weighted by Gasteiger charge is -2.18. The van der Waals surface area contributed by atoms with Gasteiger partial charge in [-0.25, -0.2) is 0 Å². The van der Waals surface area contributed by atoms with Crippen LogP contribution >= 0.6 is 0 Å². The summed E-state index contributed by atoms with van der Waals surface area (Å²) in [6.45, 7) is -0.142. The van der Waals surface area contributed by atoms with E-state index in [9.17, 15) is 14.9 Å². The van der Waals surface area contributed by atoms with Gasteiger partial charge in [0.1, 0.15) is 0 Å². The Morgan fingerprint density at radius 3 is 2.94 bits per heavy atom. The van der Waals surface area contributed by atoms with Gasteiger partial charge >= 0.3 is 5.69 Å². The molecule has 0 radical (unpaired) electrons. The number of rotatable bonds is 2. The molecule has 0 saturated heterocycles. The topological polar surface area (TPSA) is 90.7 Å². The molecule has 1 N–H and O–H groups in total. The van der Waals surface area contributed by atoms with Crippen molar-refractivity contribution in [2.75, 3.05) is 19.0 Å². The van der Waals surface area contributed by atoms with Gasteiger partial charge in [0.2, 0.25) is 0 Å². The van der Waals surface area contributed by atoms with E-state index in [1.165, 1.54) is 19.2 Å². The number of nitro groups is 1. The maximum absolute atomic E-state index is 11.0. The molecule has 0 fully saturated rings. The molecule has 1 aromatic carbocycles. The number of benzene rings is 1. The summed E-state index contributed by atoms with van der Waals surface area (Å²) in [5, 5.41) is 13.2. The van der Waals surface area contributed by atoms with Crippen molar-refractivity contribution in [2.24, 2.45) is 0 Å². The van der Waals surface area contributed by atoms with Crippen molar-refractivity contribution in [1.82, 2.24) is 0 Å². The van der Waals surface area contributed by atoms with Crippen LogP contribution in [0.5, 0.6) is 11.5 Å². The highest BCUT2D eigenvalue weighted by atomic mass is 16.6. The molecule has 7 heteroatoms. The van der Waals surface area contributed by atoms with E-state index in [-0.39, 0.29) is 29.7 Å². The summed E-state index contributed by atoms with van der Waals surface area (Å²) in [4.78, 5) is 21.2. The Morgan fingerprint density at radius 1 is 1.56 bits per heavy atom. The quantitative estimate of drug-likeness (QED) is 0.596. The summed E-state index contributed by atoms with van der Waals surface area (Å²) < 4.78 is 9.91. The van der Waals surface area contributed by atoms with E-state index < -0.39 is 4.92 Å². The molecule has 0 saturated carbocycles. The fourth-order valence-electron chi connectivity index (χ4n) is 1.40. The normalized spacial score (nSPS) is 13.4. The summed E-state index contributed by atoms with van der Waals surface area (Å²) >= 11 is 0. The van der Waals surface area contributed by atoms with E-state index >= 15 is 0 Å². The summed E-state index contributed by atoms with van der Waals surface area (Å²) in [5.41, 5.74) is 0.177. The molecule has 0 aliphatic carbocycles. The van der Waals surface area contributed by atoms with E-state index in [0.29, 0.717) is 5.69 Å². The molecule has 0 spiro atoms. The minimum atomic E-state index is -0.571. The van der Waals surface area contributed by atoms with Crippen LogP contribution in [0.1, 0.15) is 0 Å². The van der Waals surface area contributed by atoms with Crippen LogP contribution in [0.25, 0.3) is 0 Å². The number of methoxy groups -OCH3 is 1. The number of amides is 1. The zero-order chi connectivity index (χ0) is 11.7. The Kier molecular flexibility index (Phi) is 2.35. The van der Waals surface area contributed by atoms with Gasteiger partial charge in [-0.1, -0.05) is 0 Å². The smallest absolute Gasteiger partial charge is 0.314 e. The van der Waals surface area contributed by atoms with Crippen molar-refractivity contribution >= 4 is 17.3 Å². The summed E-state index contributed by atoms with van der Waals surface area (Å²) in [7, 11) is 1.32. The van der Waals surface area contributed by atoms with E-state index in [0.717, 1.165) is 0 Å². The third-order valence-corrected chi connectivity index (χ3v) is 2.11. The number of nitrogens with zero attached hydrogens (tertiary/aromatic N) is 1. The largest absolute Gasteiger partial charge is 0.490 e. The second-order valence-electron chi connectivity index (χ2n) is 3.11. The molecule has 16 heavy (non-hydrogen) atoms. The Morgan fingerprint density at radius 2 is 2.31 bits per heavy atom. The number of fused-ring (bicyclic) bond motifs is 1. The molecule has 1 heterocycles. The van der Waals surface area contributed by atoms with E-state index in [4.69, 9.17) is 9.47 Å². The van der Waals surface area contributed by atoms with Crippen molar-refractivity contribution < 1.29 is 19.2 Å². The van der Waals surface area contributed by atoms with Gasteiger partial charge in [0.15, 0.2) is 18.1 Å². The molecule has 1 aliphatic heterocycles. The van der Waals surface area contributed by atoms with Gasteiger partial charge in [0, 0.05) is 6.07 Å².